The number of fused-ring (bicyclic) bond motifs is 5. The summed E-state index contributed by atoms with van der Waals surface area (Å²) in [5, 5.41) is 21.6. The summed E-state index contributed by atoms with van der Waals surface area (Å²) in [7, 11) is 0. The van der Waals surface area contributed by atoms with Crippen LogP contribution < -0.4 is 0 Å². The summed E-state index contributed by atoms with van der Waals surface area (Å²) in [5.41, 5.74) is 9.65. The molecule has 55 heavy (non-hydrogen) atoms. The van der Waals surface area contributed by atoms with Gasteiger partial charge in [-0.3, -0.25) is 0 Å². The van der Waals surface area contributed by atoms with Crippen molar-refractivity contribution in [3.05, 3.63) is 174 Å². The lowest BCUT2D eigenvalue weighted by Crippen LogP contribution is -2.00. The van der Waals surface area contributed by atoms with Crippen LogP contribution in [0.15, 0.2) is 146 Å². The van der Waals surface area contributed by atoms with E-state index in [9.17, 15) is 23.7 Å². The van der Waals surface area contributed by atoms with Gasteiger partial charge in [-0.05, 0) is 65.2 Å². The Morgan fingerprint density at radius 2 is 0.927 bits per heavy atom. The van der Waals surface area contributed by atoms with Crippen molar-refractivity contribution in [3.8, 4) is 68.2 Å². The monoisotopic (exact) mass is 715 g/mol. The van der Waals surface area contributed by atoms with Gasteiger partial charge >= 0.3 is 0 Å². The third-order valence-corrected chi connectivity index (χ3v) is 9.74. The summed E-state index contributed by atoms with van der Waals surface area (Å²) in [6.45, 7) is 0. The molecule has 0 bridgehead atoms. The highest BCUT2D eigenvalue weighted by molar-refractivity contribution is 6.24. The van der Waals surface area contributed by atoms with Crippen LogP contribution in [0.3, 0.4) is 0 Å². The maximum Gasteiger partial charge on any atom is 0.194 e. The second-order valence-electron chi connectivity index (χ2n) is 13.0. The molecule has 8 heteroatoms. The molecule has 0 amide bonds. The van der Waals surface area contributed by atoms with E-state index in [1.807, 2.05) is 91.0 Å². The lowest BCUT2D eigenvalue weighted by Gasteiger charge is -2.18. The van der Waals surface area contributed by atoms with Gasteiger partial charge in [0.1, 0.15) is 0 Å². The zero-order valence-electron chi connectivity index (χ0n) is 28.7. The molecule has 0 radical (unpaired) electrons. The molecule has 5 nitrogen and oxygen atoms in total. The van der Waals surface area contributed by atoms with Crippen LogP contribution in [0.2, 0.25) is 0 Å². The largest absolute Gasteiger partial charge is 0.247 e. The van der Waals surface area contributed by atoms with E-state index in [-0.39, 0.29) is 5.56 Å². The molecule has 2 aromatic heterocycles. The van der Waals surface area contributed by atoms with Crippen molar-refractivity contribution < 1.29 is 13.2 Å². The van der Waals surface area contributed by atoms with E-state index in [1.165, 1.54) is 0 Å². The molecule has 0 saturated heterocycles. The van der Waals surface area contributed by atoms with E-state index in [0.717, 1.165) is 61.6 Å². The second kappa shape index (κ2) is 13.4. The lowest BCUT2D eigenvalue weighted by atomic mass is 9.92. The Balaban J connectivity index is 1.38. The molecule has 0 unspecified atom stereocenters. The van der Waals surface area contributed by atoms with Crippen LogP contribution in [0.1, 0.15) is 11.1 Å². The summed E-state index contributed by atoms with van der Waals surface area (Å²) < 4.78 is 42.1. The van der Waals surface area contributed by atoms with Crippen LogP contribution in [0, 0.1) is 40.1 Å². The Morgan fingerprint density at radius 1 is 0.418 bits per heavy atom. The molecule has 0 aliphatic rings. The Labute approximate surface area is 312 Å². The van der Waals surface area contributed by atoms with Crippen LogP contribution in [0.5, 0.6) is 0 Å². The van der Waals surface area contributed by atoms with Crippen molar-refractivity contribution in [2.45, 2.75) is 0 Å². The highest BCUT2D eigenvalue weighted by Crippen LogP contribution is 2.43. The third kappa shape index (κ3) is 5.79. The maximum absolute atomic E-state index is 14.2. The number of halogens is 3. The van der Waals surface area contributed by atoms with Crippen LogP contribution in [0.25, 0.3) is 88.7 Å². The molecular weight excluding hydrogens is 692 g/mol. The summed E-state index contributed by atoms with van der Waals surface area (Å²) >= 11 is 0. The molecule has 0 aliphatic heterocycles. The molecule has 0 saturated carbocycles. The van der Waals surface area contributed by atoms with Crippen molar-refractivity contribution in [2.75, 3.05) is 0 Å². The van der Waals surface area contributed by atoms with Gasteiger partial charge in [0.05, 0.1) is 56.9 Å². The highest BCUT2D eigenvalue weighted by Gasteiger charge is 2.22. The third-order valence-electron chi connectivity index (χ3n) is 9.74. The molecule has 7 aromatic carbocycles. The predicted octanol–water partition coefficient (Wildman–Crippen LogP) is 11.8. The van der Waals surface area contributed by atoms with Gasteiger partial charge in [0.25, 0.3) is 0 Å². The van der Waals surface area contributed by atoms with Gasteiger partial charge in [-0.1, -0.05) is 97.1 Å². The Kier molecular flexibility index (Phi) is 8.07. The fourth-order valence-corrected chi connectivity index (χ4v) is 7.04. The van der Waals surface area contributed by atoms with Gasteiger partial charge in [0, 0.05) is 38.4 Å². The minimum Gasteiger partial charge on any atom is -0.247 e. The molecular formula is C47H24F3N5. The first-order chi connectivity index (χ1) is 26.9. The van der Waals surface area contributed by atoms with E-state index in [4.69, 9.17) is 15.0 Å². The molecule has 9 rings (SSSR count). The predicted molar refractivity (Wildman–Crippen MR) is 209 cm³/mol. The van der Waals surface area contributed by atoms with E-state index < -0.39 is 17.5 Å². The van der Waals surface area contributed by atoms with Gasteiger partial charge in [0.2, 0.25) is 0 Å². The molecule has 0 spiro atoms. The molecule has 2 heterocycles. The fraction of sp³-hybridized carbons (Fsp3) is 0. The minimum absolute atomic E-state index is 0.209. The average Bonchev–Trinajstić information content (AvgIpc) is 3.24. The Morgan fingerprint density at radius 3 is 1.53 bits per heavy atom. The van der Waals surface area contributed by atoms with Gasteiger partial charge in [0.15, 0.2) is 17.5 Å². The minimum atomic E-state index is -1.51. The molecule has 9 aromatic rings. The van der Waals surface area contributed by atoms with Gasteiger partial charge < -0.3 is 0 Å². The number of pyridine rings is 1. The summed E-state index contributed by atoms with van der Waals surface area (Å²) in [4.78, 5) is 16.0. The first kappa shape index (κ1) is 33.2. The maximum atomic E-state index is 14.2. The number of benzene rings is 7. The van der Waals surface area contributed by atoms with Crippen LogP contribution in [0.4, 0.5) is 13.2 Å². The molecule has 0 fully saturated rings. The van der Waals surface area contributed by atoms with E-state index in [2.05, 4.69) is 18.2 Å². The van der Waals surface area contributed by atoms with Gasteiger partial charge in [-0.2, -0.15) is 10.5 Å². The van der Waals surface area contributed by atoms with E-state index in [0.29, 0.717) is 44.8 Å². The smallest absolute Gasteiger partial charge is 0.194 e. The summed E-state index contributed by atoms with van der Waals surface area (Å²) in [6.07, 6.45) is 0. The van der Waals surface area contributed by atoms with Crippen molar-refractivity contribution in [1.82, 2.24) is 15.0 Å². The van der Waals surface area contributed by atoms with E-state index in [1.54, 1.807) is 36.4 Å². The van der Waals surface area contributed by atoms with Crippen molar-refractivity contribution in [3.63, 3.8) is 0 Å². The number of para-hydroxylation sites is 1. The summed E-state index contributed by atoms with van der Waals surface area (Å²) in [5.74, 6) is -4.03. The number of nitriles is 2. The number of aromatic nitrogens is 3. The van der Waals surface area contributed by atoms with Crippen LogP contribution >= 0.6 is 0 Å². The van der Waals surface area contributed by atoms with Crippen molar-refractivity contribution in [1.29, 1.82) is 10.5 Å². The molecule has 258 valence electrons. The zero-order chi connectivity index (χ0) is 37.6. The molecule has 0 aliphatic carbocycles. The van der Waals surface area contributed by atoms with Crippen molar-refractivity contribution in [2.24, 2.45) is 0 Å². The molecule has 0 N–H and O–H groups in total. The number of hydrogen-bond donors (Lipinski definition) is 0. The van der Waals surface area contributed by atoms with Crippen molar-refractivity contribution >= 4 is 32.7 Å². The standard InChI is InChI=1S/C47H24F3N5/c48-38-22-34(23-39(49)42(38)50)29-18-20-31(21-19-29)43-37-24-36(30-6-2-1-3-7-30)46-47(41(37)35-8-4-5-9-40(35)53-43)55-45(33-16-12-28(26-52)13-17-33)44(54-46)32-14-10-27(25-51)11-15-32/h1-24H. The highest BCUT2D eigenvalue weighted by atomic mass is 19.2. The zero-order valence-corrected chi connectivity index (χ0v) is 28.7. The topological polar surface area (TPSA) is 86.2 Å². The fourth-order valence-electron chi connectivity index (χ4n) is 7.04. The number of hydrogen-bond acceptors (Lipinski definition) is 5. The van der Waals surface area contributed by atoms with Crippen LogP contribution in [-0.4, -0.2) is 15.0 Å². The quantitative estimate of drug-likeness (QED) is 0.131. The first-order valence-corrected chi connectivity index (χ1v) is 17.3. The van der Waals surface area contributed by atoms with E-state index >= 15 is 0 Å². The first-order valence-electron chi connectivity index (χ1n) is 17.3. The SMILES string of the molecule is N#Cc1ccc(-c2nc3c(-c4ccccc4)cc4c(-c5ccc(-c6cc(F)c(F)c(F)c6)cc5)nc5ccccc5c4c3nc2-c2ccc(C#N)cc2)cc1. The Bertz CT molecular complexity index is 3040. The number of rotatable bonds is 5. The second-order valence-corrected chi connectivity index (χ2v) is 13.0. The normalized spacial score (nSPS) is 11.1. The number of nitrogens with zero attached hydrogens (tertiary/aromatic N) is 5. The lowest BCUT2D eigenvalue weighted by molar-refractivity contribution is 0.448. The van der Waals surface area contributed by atoms with Gasteiger partial charge in [-0.25, -0.2) is 28.1 Å². The van der Waals surface area contributed by atoms with Crippen LogP contribution in [-0.2, 0) is 0 Å². The average molecular weight is 716 g/mol. The Hall–Kier alpha value is -7.68. The summed E-state index contributed by atoms with van der Waals surface area (Å²) in [6, 6.07) is 47.7. The molecule has 0 atom stereocenters. The van der Waals surface area contributed by atoms with Gasteiger partial charge in [-0.15, -0.1) is 0 Å².